The van der Waals surface area contributed by atoms with Gasteiger partial charge in [0.2, 0.25) is 5.52 Å². The Balaban J connectivity index is 0.000000147. The van der Waals surface area contributed by atoms with Gasteiger partial charge in [-0.05, 0) is 12.1 Å². The molecule has 17 nitrogen and oxygen atoms in total. The molecule has 0 amide bonds. The molecule has 0 bridgehead atoms. The van der Waals surface area contributed by atoms with Crippen LogP contribution in [-0.2, 0) is 0 Å². The van der Waals surface area contributed by atoms with Gasteiger partial charge in [0.1, 0.15) is 12.5 Å². The van der Waals surface area contributed by atoms with Crippen molar-refractivity contribution in [3.8, 4) is 5.82 Å². The van der Waals surface area contributed by atoms with Gasteiger partial charge in [0.15, 0.2) is 5.82 Å². The zero-order valence-electron chi connectivity index (χ0n) is 18.5. The lowest BCUT2D eigenvalue weighted by atomic mass is 10.2. The maximum absolute atomic E-state index is 10.7. The normalized spacial score (nSPS) is 10.3. The third kappa shape index (κ3) is 5.57. The number of imidazole rings is 2. The van der Waals surface area contributed by atoms with Crippen molar-refractivity contribution >= 4 is 33.2 Å². The number of aromatic nitrogens is 8. The summed E-state index contributed by atoms with van der Waals surface area (Å²) in [4.78, 5) is 41.4. The molecule has 4 heterocycles. The van der Waals surface area contributed by atoms with E-state index >= 15 is 0 Å². The SMILES string of the molecule is O=[N+]([O-])c1ccc2[nH]nc(-n3ccnc3)c2c1.O=[N+]([O-])c1ccc2nn([N+](=O)[O-])cc2c1.c1c[nH]cn1. The van der Waals surface area contributed by atoms with Crippen molar-refractivity contribution in [3.05, 3.63) is 110 Å². The molecular weight excluding hydrogens is 490 g/mol. The first-order valence-electron chi connectivity index (χ1n) is 10.2. The van der Waals surface area contributed by atoms with Crippen molar-refractivity contribution in [2.75, 3.05) is 0 Å². The average Bonchev–Trinajstić information content (AvgIpc) is 3.70. The molecule has 0 aliphatic heterocycles. The number of H-pyrrole nitrogens is 2. The molecule has 2 aromatic carbocycles. The third-order valence-corrected chi connectivity index (χ3v) is 4.75. The molecular formula is C20H15N11O6. The van der Waals surface area contributed by atoms with Crippen molar-refractivity contribution < 1.29 is 14.9 Å². The number of hydrogen-bond acceptors (Lipinski definition) is 10. The number of benzene rings is 2. The quantitative estimate of drug-likeness (QED) is 0.263. The van der Waals surface area contributed by atoms with Crippen LogP contribution in [0.5, 0.6) is 0 Å². The number of aromatic amines is 2. The fourth-order valence-corrected chi connectivity index (χ4v) is 3.10. The van der Waals surface area contributed by atoms with Crippen LogP contribution in [0.25, 0.3) is 27.6 Å². The Morgan fingerprint density at radius 2 is 1.65 bits per heavy atom. The Bertz CT molecular complexity index is 1640. The Hall–Kier alpha value is -6.00. The van der Waals surface area contributed by atoms with E-state index in [9.17, 15) is 30.3 Å². The van der Waals surface area contributed by atoms with E-state index in [4.69, 9.17) is 0 Å². The maximum atomic E-state index is 10.7. The molecule has 186 valence electrons. The number of non-ortho nitro benzene ring substituents is 2. The summed E-state index contributed by atoms with van der Waals surface area (Å²) in [5.74, 6) is 0.598. The number of rotatable bonds is 4. The van der Waals surface area contributed by atoms with Crippen molar-refractivity contribution in [3.63, 3.8) is 0 Å². The van der Waals surface area contributed by atoms with E-state index in [1.165, 1.54) is 30.3 Å². The molecule has 0 fully saturated rings. The molecule has 6 rings (SSSR count). The van der Waals surface area contributed by atoms with E-state index in [-0.39, 0.29) is 11.4 Å². The van der Waals surface area contributed by atoms with Gasteiger partial charge in [0, 0.05) is 53.8 Å². The van der Waals surface area contributed by atoms with Gasteiger partial charge in [-0.2, -0.15) is 5.10 Å². The molecule has 37 heavy (non-hydrogen) atoms. The first-order chi connectivity index (χ1) is 17.8. The predicted octanol–water partition coefficient (Wildman–Crippen LogP) is 3.05. The summed E-state index contributed by atoms with van der Waals surface area (Å²) in [6.45, 7) is 0. The Morgan fingerprint density at radius 1 is 0.892 bits per heavy atom. The van der Waals surface area contributed by atoms with E-state index < -0.39 is 14.9 Å². The highest BCUT2D eigenvalue weighted by atomic mass is 16.7. The summed E-state index contributed by atoms with van der Waals surface area (Å²) in [5, 5.41) is 42.4. The summed E-state index contributed by atoms with van der Waals surface area (Å²) in [5.41, 5.74) is 1.02. The van der Waals surface area contributed by atoms with Crippen LogP contribution in [0.4, 0.5) is 11.4 Å². The van der Waals surface area contributed by atoms with Crippen LogP contribution < -0.4 is 0 Å². The largest absolute Gasteiger partial charge is 0.351 e. The van der Waals surface area contributed by atoms with Crippen LogP contribution in [0.3, 0.4) is 0 Å². The van der Waals surface area contributed by atoms with Crippen LogP contribution in [0.15, 0.2) is 80.0 Å². The number of hydrogen-bond donors (Lipinski definition) is 2. The first kappa shape index (κ1) is 24.1. The van der Waals surface area contributed by atoms with Gasteiger partial charge < -0.3 is 15.1 Å². The lowest BCUT2D eigenvalue weighted by Gasteiger charge is -1.96. The number of nitro benzene ring substituents is 2. The molecule has 4 aromatic heterocycles. The van der Waals surface area contributed by atoms with E-state index in [0.29, 0.717) is 26.9 Å². The Morgan fingerprint density at radius 3 is 2.24 bits per heavy atom. The fraction of sp³-hybridized carbons (Fsp3) is 0. The summed E-state index contributed by atoms with van der Waals surface area (Å²) in [6, 6.07) is 8.43. The maximum Gasteiger partial charge on any atom is 0.270 e. The van der Waals surface area contributed by atoms with Gasteiger partial charge in [0.05, 0.1) is 42.6 Å². The molecule has 17 heteroatoms. The van der Waals surface area contributed by atoms with Gasteiger partial charge in [-0.25, -0.2) is 9.97 Å². The summed E-state index contributed by atoms with van der Waals surface area (Å²) < 4.78 is 1.70. The van der Waals surface area contributed by atoms with Gasteiger partial charge >= 0.3 is 0 Å². The van der Waals surface area contributed by atoms with Crippen LogP contribution >= 0.6 is 0 Å². The lowest BCUT2D eigenvalue weighted by molar-refractivity contribution is -0.552. The highest BCUT2D eigenvalue weighted by Crippen LogP contribution is 2.24. The topological polar surface area (TPSA) is 222 Å². The molecule has 0 atom stereocenters. The van der Waals surface area contributed by atoms with Crippen molar-refractivity contribution in [2.24, 2.45) is 0 Å². The van der Waals surface area contributed by atoms with Crippen LogP contribution in [0.2, 0.25) is 0 Å². The van der Waals surface area contributed by atoms with Crippen molar-refractivity contribution in [1.82, 2.24) is 39.6 Å². The standard InChI is InChI=1S/C10H7N5O2.C7H4N4O4.C3H4N2/c16-15(17)7-1-2-9-8(5-7)10(13-12-9)14-4-3-11-6-14;12-10(13)6-1-2-7-5(3-6)4-9(8-7)11(14)15;1-2-5-3-4-1/h1-6H,(H,12,13);1-4H;1-3H,(H,4,5). The van der Waals surface area contributed by atoms with E-state index in [2.05, 4.69) is 30.2 Å². The number of nitrogens with one attached hydrogen (secondary N) is 2. The minimum Gasteiger partial charge on any atom is -0.351 e. The molecule has 0 spiro atoms. The number of fused-ring (bicyclic) bond motifs is 2. The molecule has 0 saturated carbocycles. The summed E-state index contributed by atoms with van der Waals surface area (Å²) in [6.07, 6.45) is 11.2. The second kappa shape index (κ2) is 10.5. The van der Waals surface area contributed by atoms with Gasteiger partial charge in [-0.3, -0.25) is 29.9 Å². The van der Waals surface area contributed by atoms with E-state index in [1.54, 1.807) is 48.1 Å². The zero-order valence-corrected chi connectivity index (χ0v) is 18.5. The minimum absolute atomic E-state index is 0.0419. The van der Waals surface area contributed by atoms with Crippen LogP contribution in [-0.4, -0.2) is 54.5 Å². The molecule has 0 aliphatic rings. The highest BCUT2D eigenvalue weighted by Gasteiger charge is 2.14. The molecule has 6 aromatic rings. The molecule has 0 unspecified atom stereocenters. The van der Waals surface area contributed by atoms with Gasteiger partial charge in [-0.15, -0.1) is 0 Å². The summed E-state index contributed by atoms with van der Waals surface area (Å²) >= 11 is 0. The smallest absolute Gasteiger partial charge is 0.270 e. The van der Waals surface area contributed by atoms with E-state index in [0.717, 1.165) is 11.7 Å². The monoisotopic (exact) mass is 505 g/mol. The van der Waals surface area contributed by atoms with Crippen LogP contribution in [0.1, 0.15) is 0 Å². The van der Waals surface area contributed by atoms with Crippen molar-refractivity contribution in [1.29, 1.82) is 0 Å². The average molecular weight is 505 g/mol. The number of nitrogens with zero attached hydrogens (tertiary/aromatic N) is 9. The van der Waals surface area contributed by atoms with Crippen LogP contribution in [0, 0.1) is 30.3 Å². The van der Waals surface area contributed by atoms with Gasteiger partial charge in [0.25, 0.3) is 11.4 Å². The summed E-state index contributed by atoms with van der Waals surface area (Å²) in [7, 11) is 0. The lowest BCUT2D eigenvalue weighted by Crippen LogP contribution is -2.07. The number of nitro groups is 3. The Kier molecular flexibility index (Phi) is 6.85. The minimum atomic E-state index is -0.716. The Labute approximate surface area is 204 Å². The highest BCUT2D eigenvalue weighted by molar-refractivity contribution is 5.87. The predicted molar refractivity (Wildman–Crippen MR) is 127 cm³/mol. The second-order valence-electron chi connectivity index (χ2n) is 7.05. The molecule has 0 aliphatic carbocycles. The fourth-order valence-electron chi connectivity index (χ4n) is 3.10. The van der Waals surface area contributed by atoms with Crippen molar-refractivity contribution in [2.45, 2.75) is 0 Å². The zero-order chi connectivity index (χ0) is 26.4. The molecule has 0 saturated heterocycles. The molecule has 0 radical (unpaired) electrons. The van der Waals surface area contributed by atoms with E-state index in [1.807, 2.05) is 0 Å². The third-order valence-electron chi connectivity index (χ3n) is 4.75. The van der Waals surface area contributed by atoms with Gasteiger partial charge in [-0.1, -0.05) is 0 Å². The first-order valence-corrected chi connectivity index (χ1v) is 10.2. The second-order valence-corrected chi connectivity index (χ2v) is 7.05. The molecule has 2 N–H and O–H groups in total.